The molecule has 0 saturated heterocycles. The highest BCUT2D eigenvalue weighted by Gasteiger charge is 2.16. The van der Waals surface area contributed by atoms with E-state index < -0.39 is 12.3 Å². The van der Waals surface area contributed by atoms with E-state index in [1.165, 1.54) is 0 Å². The van der Waals surface area contributed by atoms with Gasteiger partial charge in [0.2, 0.25) is 0 Å². The number of halogens is 2. The molecule has 16 heavy (non-hydrogen) atoms. The van der Waals surface area contributed by atoms with Crippen molar-refractivity contribution in [3.63, 3.8) is 0 Å². The van der Waals surface area contributed by atoms with Crippen molar-refractivity contribution >= 4 is 11.6 Å². The van der Waals surface area contributed by atoms with Gasteiger partial charge in [-0.15, -0.1) is 0 Å². The maximum atomic E-state index is 12.1. The van der Waals surface area contributed by atoms with Crippen LogP contribution < -0.4 is 5.32 Å². The Balaban J connectivity index is 2.82. The van der Waals surface area contributed by atoms with Gasteiger partial charge in [0, 0.05) is 12.2 Å². The lowest BCUT2D eigenvalue weighted by molar-refractivity contribution is -0.126. The number of carbonyl (C=O) groups excluding carboxylic acids is 1. The molecule has 5 heteroatoms. The predicted molar refractivity (Wildman–Crippen MR) is 58.5 cm³/mol. The van der Waals surface area contributed by atoms with Crippen molar-refractivity contribution < 1.29 is 13.6 Å². The molecule has 0 aliphatic carbocycles. The molecular formula is C11H14F2N2O. The minimum atomic E-state index is -2.99. The first-order valence-electron chi connectivity index (χ1n) is 4.82. The molecule has 0 aliphatic heterocycles. The Labute approximate surface area is 93.1 Å². The number of nitrogens with one attached hydrogen (secondary N) is 1. The summed E-state index contributed by atoms with van der Waals surface area (Å²) in [7, 11) is 3.73. The zero-order chi connectivity index (χ0) is 12.1. The van der Waals surface area contributed by atoms with E-state index >= 15 is 0 Å². The zero-order valence-corrected chi connectivity index (χ0v) is 9.21. The van der Waals surface area contributed by atoms with E-state index in [4.69, 9.17) is 0 Å². The molecule has 3 nitrogen and oxygen atoms in total. The molecular weight excluding hydrogens is 214 g/mol. The van der Waals surface area contributed by atoms with Gasteiger partial charge in [0.25, 0.3) is 5.91 Å². The molecule has 0 heterocycles. The monoisotopic (exact) mass is 228 g/mol. The number of rotatable bonds is 4. The fourth-order valence-corrected chi connectivity index (χ4v) is 1.31. The molecule has 1 aromatic carbocycles. The summed E-state index contributed by atoms with van der Waals surface area (Å²) in [5, 5.41) is 2.20. The topological polar surface area (TPSA) is 32.3 Å². The third-order valence-corrected chi connectivity index (χ3v) is 1.96. The third-order valence-electron chi connectivity index (χ3n) is 1.96. The van der Waals surface area contributed by atoms with Crippen molar-refractivity contribution in [3.05, 3.63) is 29.8 Å². The Bertz CT molecular complexity index is 367. The number of anilines is 1. The molecule has 1 amide bonds. The largest absolute Gasteiger partial charge is 0.321 e. The normalized spacial score (nSPS) is 10.9. The lowest BCUT2D eigenvalue weighted by atomic mass is 10.1. The van der Waals surface area contributed by atoms with Crippen molar-refractivity contribution in [1.29, 1.82) is 0 Å². The van der Waals surface area contributed by atoms with E-state index in [-0.39, 0.29) is 0 Å². The summed E-state index contributed by atoms with van der Waals surface area (Å²) in [6, 6.07) is 6.90. The van der Waals surface area contributed by atoms with E-state index in [9.17, 15) is 13.6 Å². The maximum Gasteiger partial charge on any atom is 0.315 e. The lowest BCUT2D eigenvalue weighted by Gasteiger charge is -2.14. The van der Waals surface area contributed by atoms with Crippen LogP contribution in [0.1, 0.15) is 5.56 Å². The molecule has 1 N–H and O–H groups in total. The van der Waals surface area contributed by atoms with E-state index in [0.717, 1.165) is 5.56 Å². The number of carbonyl (C=O) groups is 1. The van der Waals surface area contributed by atoms with Crippen molar-refractivity contribution in [2.45, 2.75) is 13.0 Å². The van der Waals surface area contributed by atoms with Crippen LogP contribution >= 0.6 is 0 Å². The predicted octanol–water partition coefficient (Wildman–Crippen LogP) is 1.95. The van der Waals surface area contributed by atoms with Gasteiger partial charge in [-0.2, -0.15) is 8.78 Å². The van der Waals surface area contributed by atoms with Gasteiger partial charge < -0.3 is 10.2 Å². The van der Waals surface area contributed by atoms with E-state index in [0.29, 0.717) is 12.2 Å². The maximum absolute atomic E-state index is 12.1. The van der Waals surface area contributed by atoms with Crippen LogP contribution in [0.3, 0.4) is 0 Å². The zero-order valence-electron chi connectivity index (χ0n) is 9.21. The molecule has 0 radical (unpaired) electrons. The Morgan fingerprint density at radius 3 is 2.56 bits per heavy atom. The number of hydrogen-bond donors (Lipinski definition) is 1. The summed E-state index contributed by atoms with van der Waals surface area (Å²) in [5.41, 5.74) is 1.24. The lowest BCUT2D eigenvalue weighted by Crippen LogP contribution is -2.22. The summed E-state index contributed by atoms with van der Waals surface area (Å²) in [5.74, 6) is -1.27. The molecule has 0 aromatic heterocycles. The standard InChI is InChI=1S/C11H14F2N2O/c1-15(2)7-8-5-3-4-6-9(8)14-11(16)10(12)13/h3-6,10H,7H2,1-2H3,(H,14,16). The van der Waals surface area contributed by atoms with Crippen LogP contribution in [0.5, 0.6) is 0 Å². The first-order chi connectivity index (χ1) is 7.50. The van der Waals surface area contributed by atoms with Gasteiger partial charge in [0.15, 0.2) is 0 Å². The van der Waals surface area contributed by atoms with Gasteiger partial charge in [0.1, 0.15) is 0 Å². The third kappa shape index (κ3) is 3.58. The highest BCUT2D eigenvalue weighted by Crippen LogP contribution is 2.16. The van der Waals surface area contributed by atoms with Crippen LogP contribution in [0, 0.1) is 0 Å². The summed E-state index contributed by atoms with van der Waals surface area (Å²) >= 11 is 0. The first kappa shape index (κ1) is 12.6. The molecule has 0 bridgehead atoms. The van der Waals surface area contributed by atoms with Crippen molar-refractivity contribution in [2.24, 2.45) is 0 Å². The van der Waals surface area contributed by atoms with Crippen molar-refractivity contribution in [3.8, 4) is 0 Å². The van der Waals surface area contributed by atoms with Gasteiger partial charge in [-0.05, 0) is 25.7 Å². The second-order valence-corrected chi connectivity index (χ2v) is 3.68. The van der Waals surface area contributed by atoms with Gasteiger partial charge >= 0.3 is 6.43 Å². The van der Waals surface area contributed by atoms with E-state index in [1.54, 1.807) is 24.3 Å². The molecule has 0 atom stereocenters. The van der Waals surface area contributed by atoms with Crippen LogP contribution in [0.2, 0.25) is 0 Å². The number of nitrogens with zero attached hydrogens (tertiary/aromatic N) is 1. The van der Waals surface area contributed by atoms with Crippen LogP contribution in [-0.4, -0.2) is 31.3 Å². The molecule has 1 rings (SSSR count). The Hall–Kier alpha value is -1.49. The SMILES string of the molecule is CN(C)Cc1ccccc1NC(=O)C(F)F. The minimum Gasteiger partial charge on any atom is -0.321 e. The van der Waals surface area contributed by atoms with Crippen LogP contribution in [0.4, 0.5) is 14.5 Å². The highest BCUT2D eigenvalue weighted by molar-refractivity contribution is 5.93. The molecule has 0 unspecified atom stereocenters. The van der Waals surface area contributed by atoms with Crippen LogP contribution in [-0.2, 0) is 11.3 Å². The van der Waals surface area contributed by atoms with Crippen molar-refractivity contribution in [1.82, 2.24) is 4.90 Å². The average Bonchev–Trinajstić information content (AvgIpc) is 2.20. The summed E-state index contributed by atoms with van der Waals surface area (Å²) in [4.78, 5) is 12.8. The van der Waals surface area contributed by atoms with E-state index in [1.807, 2.05) is 19.0 Å². The quantitative estimate of drug-likeness (QED) is 0.854. The number of amides is 1. The Morgan fingerprint density at radius 1 is 1.38 bits per heavy atom. The molecule has 0 fully saturated rings. The van der Waals surface area contributed by atoms with E-state index in [2.05, 4.69) is 5.32 Å². The first-order valence-corrected chi connectivity index (χ1v) is 4.82. The summed E-state index contributed by atoms with van der Waals surface area (Å²) < 4.78 is 24.2. The second kappa shape index (κ2) is 5.55. The number of para-hydroxylation sites is 1. The van der Waals surface area contributed by atoms with Crippen LogP contribution in [0.25, 0.3) is 0 Å². The molecule has 0 aliphatic rings. The smallest absolute Gasteiger partial charge is 0.315 e. The summed E-state index contributed by atoms with van der Waals surface area (Å²) in [6.07, 6.45) is -2.99. The Morgan fingerprint density at radius 2 is 2.00 bits per heavy atom. The number of benzene rings is 1. The van der Waals surface area contributed by atoms with Gasteiger partial charge in [-0.25, -0.2) is 0 Å². The molecule has 0 spiro atoms. The minimum absolute atomic E-state index is 0.432. The average molecular weight is 228 g/mol. The molecule has 1 aromatic rings. The highest BCUT2D eigenvalue weighted by atomic mass is 19.3. The van der Waals surface area contributed by atoms with Gasteiger partial charge in [-0.1, -0.05) is 18.2 Å². The van der Waals surface area contributed by atoms with Crippen LogP contribution in [0.15, 0.2) is 24.3 Å². The number of alkyl halides is 2. The second-order valence-electron chi connectivity index (χ2n) is 3.68. The fourth-order valence-electron chi connectivity index (χ4n) is 1.31. The van der Waals surface area contributed by atoms with Gasteiger partial charge in [-0.3, -0.25) is 4.79 Å². The summed E-state index contributed by atoms with van der Waals surface area (Å²) in [6.45, 7) is 0.583. The fraction of sp³-hybridized carbons (Fsp3) is 0.364. The Kier molecular flexibility index (Phi) is 4.37. The number of hydrogen-bond acceptors (Lipinski definition) is 2. The van der Waals surface area contributed by atoms with Crippen molar-refractivity contribution in [2.75, 3.05) is 19.4 Å². The molecule has 0 saturated carbocycles. The molecule has 88 valence electrons. The van der Waals surface area contributed by atoms with Gasteiger partial charge in [0.05, 0.1) is 0 Å².